The Morgan fingerprint density at radius 2 is 2.15 bits per heavy atom. The number of hydrogen-bond acceptors (Lipinski definition) is 4. The summed E-state index contributed by atoms with van der Waals surface area (Å²) in [6.45, 7) is 0.408. The number of benzene rings is 1. The lowest BCUT2D eigenvalue weighted by Gasteiger charge is -2.04. The highest BCUT2D eigenvalue weighted by Gasteiger charge is 2.08. The van der Waals surface area contributed by atoms with Crippen molar-refractivity contribution in [3.05, 3.63) is 53.8 Å². The summed E-state index contributed by atoms with van der Waals surface area (Å²) in [7, 11) is 0. The van der Waals surface area contributed by atoms with Gasteiger partial charge in [0.25, 0.3) is 0 Å². The molecule has 5 heteroatoms. The van der Waals surface area contributed by atoms with Gasteiger partial charge in [0, 0.05) is 24.2 Å². The van der Waals surface area contributed by atoms with Crippen LogP contribution in [0.25, 0.3) is 4.96 Å². The van der Waals surface area contributed by atoms with Crippen molar-refractivity contribution in [2.75, 3.05) is 6.61 Å². The number of aromatic nitrogens is 2. The van der Waals surface area contributed by atoms with E-state index < -0.39 is 0 Å². The molecule has 2 aromatic heterocycles. The zero-order chi connectivity index (χ0) is 13.8. The van der Waals surface area contributed by atoms with Gasteiger partial charge in [0.1, 0.15) is 11.5 Å². The Kier molecular flexibility index (Phi) is 3.78. The lowest BCUT2D eigenvalue weighted by atomic mass is 10.2. The molecular formula is C15H14N2O2S. The second-order valence-electron chi connectivity index (χ2n) is 4.45. The number of ketones is 1. The number of carbonyl (C=O) groups is 1. The second kappa shape index (κ2) is 5.88. The summed E-state index contributed by atoms with van der Waals surface area (Å²) in [4.78, 5) is 17.2. The fourth-order valence-corrected chi connectivity index (χ4v) is 2.67. The van der Waals surface area contributed by atoms with Crippen molar-refractivity contribution < 1.29 is 9.53 Å². The van der Waals surface area contributed by atoms with Crippen molar-refractivity contribution in [1.82, 2.24) is 9.38 Å². The quantitative estimate of drug-likeness (QED) is 0.699. The van der Waals surface area contributed by atoms with Crippen molar-refractivity contribution in [3.63, 3.8) is 0 Å². The van der Waals surface area contributed by atoms with Crippen LogP contribution in [0.5, 0.6) is 5.75 Å². The van der Waals surface area contributed by atoms with Crippen molar-refractivity contribution in [3.8, 4) is 5.75 Å². The molecule has 0 N–H and O–H groups in total. The van der Waals surface area contributed by atoms with Crippen LogP contribution in [-0.4, -0.2) is 21.8 Å². The molecule has 2 heterocycles. The van der Waals surface area contributed by atoms with Crippen LogP contribution < -0.4 is 4.74 Å². The van der Waals surface area contributed by atoms with Crippen LogP contribution in [0.2, 0.25) is 0 Å². The van der Waals surface area contributed by atoms with Gasteiger partial charge in [0.05, 0.1) is 18.7 Å². The summed E-state index contributed by atoms with van der Waals surface area (Å²) < 4.78 is 7.45. The lowest BCUT2D eigenvalue weighted by Crippen LogP contribution is -2.09. The summed E-state index contributed by atoms with van der Waals surface area (Å²) in [5.74, 6) is 0.939. The van der Waals surface area contributed by atoms with Gasteiger partial charge < -0.3 is 4.74 Å². The van der Waals surface area contributed by atoms with E-state index in [1.165, 1.54) is 0 Å². The molecule has 0 unspecified atom stereocenters. The van der Waals surface area contributed by atoms with E-state index in [9.17, 15) is 4.79 Å². The maximum absolute atomic E-state index is 11.9. The highest BCUT2D eigenvalue weighted by atomic mass is 32.1. The molecule has 0 saturated carbocycles. The monoisotopic (exact) mass is 286 g/mol. The molecule has 0 aliphatic carbocycles. The number of Topliss-reactive ketones (excluding diaryl/α,β-unsaturated/α-hetero) is 1. The number of thiazole rings is 1. The number of nitrogens with zero attached hydrogens (tertiary/aromatic N) is 2. The van der Waals surface area contributed by atoms with Crippen LogP contribution in [0.3, 0.4) is 0 Å². The fourth-order valence-electron chi connectivity index (χ4n) is 1.95. The minimum absolute atomic E-state index is 0.145. The molecule has 3 rings (SSSR count). The van der Waals surface area contributed by atoms with Crippen LogP contribution in [0.1, 0.15) is 12.1 Å². The SMILES string of the molecule is O=C(CCOc1ccccc1)Cc1cn2ccsc2n1. The molecule has 0 bridgehead atoms. The molecular weight excluding hydrogens is 272 g/mol. The number of para-hydroxylation sites is 1. The molecule has 0 fully saturated rings. The summed E-state index contributed by atoms with van der Waals surface area (Å²) in [6.07, 6.45) is 4.62. The highest BCUT2D eigenvalue weighted by molar-refractivity contribution is 7.15. The minimum Gasteiger partial charge on any atom is -0.493 e. The van der Waals surface area contributed by atoms with Crippen LogP contribution in [0, 0.1) is 0 Å². The van der Waals surface area contributed by atoms with Gasteiger partial charge >= 0.3 is 0 Å². The van der Waals surface area contributed by atoms with E-state index in [2.05, 4.69) is 4.98 Å². The third kappa shape index (κ3) is 3.05. The Labute approximate surface area is 120 Å². The summed E-state index contributed by atoms with van der Waals surface area (Å²) in [5, 5.41) is 1.97. The topological polar surface area (TPSA) is 43.6 Å². The van der Waals surface area contributed by atoms with Gasteiger partial charge in [0.2, 0.25) is 0 Å². The molecule has 20 heavy (non-hydrogen) atoms. The standard InChI is InChI=1S/C15H14N2O2S/c18-13(6-8-19-14-4-2-1-3-5-14)10-12-11-17-7-9-20-15(17)16-12/h1-5,7,9,11H,6,8,10H2. The van der Waals surface area contributed by atoms with E-state index in [4.69, 9.17) is 4.74 Å². The van der Waals surface area contributed by atoms with Gasteiger partial charge in [-0.1, -0.05) is 18.2 Å². The van der Waals surface area contributed by atoms with E-state index in [1.807, 2.05) is 52.5 Å². The zero-order valence-electron chi connectivity index (χ0n) is 10.9. The van der Waals surface area contributed by atoms with Gasteiger partial charge in [-0.05, 0) is 12.1 Å². The van der Waals surface area contributed by atoms with E-state index in [0.29, 0.717) is 19.4 Å². The van der Waals surface area contributed by atoms with Gasteiger partial charge in [-0.25, -0.2) is 4.98 Å². The summed E-state index contributed by atoms with van der Waals surface area (Å²) >= 11 is 1.57. The van der Waals surface area contributed by atoms with Gasteiger partial charge in [-0.3, -0.25) is 9.20 Å². The Morgan fingerprint density at radius 1 is 1.30 bits per heavy atom. The molecule has 0 saturated heterocycles. The highest BCUT2D eigenvalue weighted by Crippen LogP contribution is 2.12. The normalized spacial score (nSPS) is 10.8. The van der Waals surface area contributed by atoms with E-state index in [0.717, 1.165) is 16.4 Å². The average Bonchev–Trinajstić information content (AvgIpc) is 3.01. The first-order chi connectivity index (χ1) is 9.81. The van der Waals surface area contributed by atoms with Crippen molar-refractivity contribution in [2.24, 2.45) is 0 Å². The van der Waals surface area contributed by atoms with Crippen LogP contribution in [-0.2, 0) is 11.2 Å². The molecule has 0 atom stereocenters. The lowest BCUT2D eigenvalue weighted by molar-refractivity contribution is -0.118. The zero-order valence-corrected chi connectivity index (χ0v) is 11.7. The third-order valence-electron chi connectivity index (χ3n) is 2.91. The molecule has 0 radical (unpaired) electrons. The number of rotatable bonds is 6. The predicted octanol–water partition coefficient (Wildman–Crippen LogP) is 2.98. The molecule has 4 nitrogen and oxygen atoms in total. The Bertz CT molecular complexity index is 674. The van der Waals surface area contributed by atoms with E-state index in [1.54, 1.807) is 11.3 Å². The van der Waals surface area contributed by atoms with Crippen molar-refractivity contribution in [1.29, 1.82) is 0 Å². The maximum atomic E-state index is 11.9. The molecule has 0 amide bonds. The summed E-state index contributed by atoms with van der Waals surface area (Å²) in [5.41, 5.74) is 0.821. The Morgan fingerprint density at radius 3 is 2.95 bits per heavy atom. The Balaban J connectivity index is 1.49. The van der Waals surface area contributed by atoms with Crippen LogP contribution >= 0.6 is 11.3 Å². The number of imidazole rings is 1. The van der Waals surface area contributed by atoms with Crippen LogP contribution in [0.15, 0.2) is 48.1 Å². The van der Waals surface area contributed by atoms with Crippen molar-refractivity contribution >= 4 is 22.1 Å². The predicted molar refractivity (Wildman–Crippen MR) is 78.3 cm³/mol. The number of hydrogen-bond donors (Lipinski definition) is 0. The summed E-state index contributed by atoms with van der Waals surface area (Å²) in [6, 6.07) is 9.52. The molecule has 0 aliphatic heterocycles. The Hall–Kier alpha value is -2.14. The molecule has 1 aromatic carbocycles. The third-order valence-corrected chi connectivity index (χ3v) is 3.68. The maximum Gasteiger partial charge on any atom is 0.193 e. The number of carbonyl (C=O) groups excluding carboxylic acids is 1. The molecule has 0 aliphatic rings. The second-order valence-corrected chi connectivity index (χ2v) is 5.33. The van der Waals surface area contributed by atoms with Gasteiger partial charge in [-0.2, -0.15) is 0 Å². The first kappa shape index (κ1) is 12.9. The smallest absolute Gasteiger partial charge is 0.193 e. The number of fused-ring (bicyclic) bond motifs is 1. The van der Waals surface area contributed by atoms with Crippen LogP contribution in [0.4, 0.5) is 0 Å². The van der Waals surface area contributed by atoms with E-state index in [-0.39, 0.29) is 5.78 Å². The molecule has 102 valence electrons. The molecule has 0 spiro atoms. The first-order valence-corrected chi connectivity index (χ1v) is 7.30. The van der Waals surface area contributed by atoms with Gasteiger partial charge in [-0.15, -0.1) is 11.3 Å². The largest absolute Gasteiger partial charge is 0.493 e. The first-order valence-electron chi connectivity index (χ1n) is 6.42. The number of ether oxygens (including phenoxy) is 1. The fraction of sp³-hybridized carbons (Fsp3) is 0.200. The van der Waals surface area contributed by atoms with Gasteiger partial charge in [0.15, 0.2) is 4.96 Å². The average molecular weight is 286 g/mol. The molecule has 3 aromatic rings. The van der Waals surface area contributed by atoms with E-state index >= 15 is 0 Å². The van der Waals surface area contributed by atoms with Crippen molar-refractivity contribution in [2.45, 2.75) is 12.8 Å². The minimum atomic E-state index is 0.145.